The molecule has 8 aromatic rings. The minimum atomic E-state index is -0.00352. The van der Waals surface area contributed by atoms with E-state index in [1.807, 2.05) is 30.5 Å². The highest BCUT2D eigenvalue weighted by molar-refractivity contribution is 5.89. The van der Waals surface area contributed by atoms with Crippen molar-refractivity contribution in [3.63, 3.8) is 0 Å². The first-order valence-electron chi connectivity index (χ1n) is 25.5. The van der Waals surface area contributed by atoms with Crippen molar-refractivity contribution in [1.29, 1.82) is 0 Å². The molecule has 1 aromatic carbocycles. The normalized spacial score (nSPS) is 18.4. The number of nitrogens with two attached hydrogens (primary N) is 3. The highest BCUT2D eigenvalue weighted by atomic mass is 16.3. The summed E-state index contributed by atoms with van der Waals surface area (Å²) in [6.45, 7) is 6.33. The summed E-state index contributed by atoms with van der Waals surface area (Å²) in [7, 11) is 0. The van der Waals surface area contributed by atoms with Crippen molar-refractivity contribution in [1.82, 2.24) is 48.6 Å². The van der Waals surface area contributed by atoms with Crippen molar-refractivity contribution in [2.75, 3.05) is 52.8 Å². The van der Waals surface area contributed by atoms with Gasteiger partial charge in [0, 0.05) is 76.4 Å². The molecule has 0 amide bonds. The molecule has 0 radical (unpaired) electrons. The Morgan fingerprint density at radius 2 is 1.29 bits per heavy atom. The van der Waals surface area contributed by atoms with Gasteiger partial charge in [0.25, 0.3) is 0 Å². The second kappa shape index (κ2) is 21.3. The number of aliphatic hydroxyl groups excluding tert-OH is 1. The van der Waals surface area contributed by atoms with Crippen LogP contribution in [0.15, 0.2) is 85.6 Å². The van der Waals surface area contributed by atoms with Crippen LogP contribution in [0.4, 0.5) is 35.3 Å². The summed E-state index contributed by atoms with van der Waals surface area (Å²) < 4.78 is 6.73. The number of nitrogens with zero attached hydrogens (tertiary/aromatic N) is 10. The highest BCUT2D eigenvalue weighted by Crippen LogP contribution is 2.47. The summed E-state index contributed by atoms with van der Waals surface area (Å²) in [4.78, 5) is 31.8. The number of benzene rings is 1. The number of nitrogen functional groups attached to an aromatic ring is 3. The molecule has 0 spiro atoms. The second-order valence-electron chi connectivity index (χ2n) is 19.8. The lowest BCUT2D eigenvalue weighted by Crippen LogP contribution is -2.23. The molecule has 2 aliphatic carbocycles. The topological polar surface area (TPSA) is 239 Å². The number of rotatable bonds is 23. The lowest BCUT2D eigenvalue weighted by Gasteiger charge is -2.30. The van der Waals surface area contributed by atoms with Crippen molar-refractivity contribution >= 4 is 68.4 Å². The van der Waals surface area contributed by atoms with E-state index in [2.05, 4.69) is 109 Å². The Labute approximate surface area is 409 Å². The third-order valence-electron chi connectivity index (χ3n) is 14.6. The number of aliphatic hydroxyl groups is 1. The van der Waals surface area contributed by atoms with Gasteiger partial charge in [-0.15, -0.1) is 0 Å². The van der Waals surface area contributed by atoms with Crippen LogP contribution in [-0.4, -0.2) is 79.4 Å². The molecule has 17 heteroatoms. The maximum atomic E-state index is 10.1. The lowest BCUT2D eigenvalue weighted by atomic mass is 9.78. The predicted molar refractivity (Wildman–Crippen MR) is 280 cm³/mol. The third-order valence-corrected chi connectivity index (χ3v) is 14.6. The maximum absolute atomic E-state index is 10.1. The van der Waals surface area contributed by atoms with Gasteiger partial charge in [-0.3, -0.25) is 4.98 Å². The third kappa shape index (κ3) is 11.0. The average Bonchev–Trinajstić information content (AvgIpc) is 3.56. The van der Waals surface area contributed by atoms with Gasteiger partial charge in [-0.25, -0.2) is 15.0 Å². The molecular weight excluding hydrogens is 877 g/mol. The van der Waals surface area contributed by atoms with Crippen LogP contribution in [0.3, 0.4) is 0 Å². The zero-order valence-corrected chi connectivity index (χ0v) is 40.3. The van der Waals surface area contributed by atoms with Crippen LogP contribution in [0.1, 0.15) is 94.2 Å². The van der Waals surface area contributed by atoms with Crippen LogP contribution in [-0.2, 0) is 26.1 Å². The fourth-order valence-corrected chi connectivity index (χ4v) is 11.0. The molecule has 0 saturated heterocycles. The Morgan fingerprint density at radius 3 is 2.00 bits per heavy atom. The summed E-state index contributed by atoms with van der Waals surface area (Å²) >= 11 is 0. The summed E-state index contributed by atoms with van der Waals surface area (Å²) in [6.07, 6.45) is 23.0. The minimum absolute atomic E-state index is 0.00352. The molecule has 0 bridgehead atoms. The number of anilines is 6. The molecule has 5 atom stereocenters. The van der Waals surface area contributed by atoms with Crippen LogP contribution < -0.4 is 33.2 Å². The van der Waals surface area contributed by atoms with Crippen molar-refractivity contribution in [3.8, 4) is 0 Å². The van der Waals surface area contributed by atoms with E-state index in [9.17, 15) is 5.11 Å². The molecule has 7 heterocycles. The Hall–Kier alpha value is -7.01. The number of unbranched alkanes of at least 4 members (excludes halogenated alkanes) is 1. The molecule has 70 heavy (non-hydrogen) atoms. The van der Waals surface area contributed by atoms with Gasteiger partial charge < -0.3 is 52.0 Å². The first-order chi connectivity index (χ1) is 34.3. The van der Waals surface area contributed by atoms with Gasteiger partial charge in [-0.1, -0.05) is 50.5 Å². The maximum Gasteiger partial charge on any atom is 0.222 e. The standard InChI is InChI=1S/C53H68N16O/c1-2-3-19-58-48-45-42(61-51(54)64-48)15-23-68(45)33-38-11-5-9-36(27-38)28-39-29-40(39)30-59-49-46-43(62-52(55)65-49)16-24-69(46)32-37-10-4-7-34(26-37)8-6-12-41(18-25-70)60-50-47-44(63-53(56)66-50)17-22-67(47)31-35-13-20-57-21-14-35/h4,7,10,13-17,20-24,26,36,38-41,70H,2-3,5-6,8-9,11-12,18-19,25,27-33H2,1H3,(H3,54,58,61,64)(H3,55,59,62,65)(H3,56,60,63,66)/t36?,38?,39?,40?,41-/m0/s1. The van der Waals surface area contributed by atoms with E-state index in [4.69, 9.17) is 22.2 Å². The molecule has 2 saturated carbocycles. The van der Waals surface area contributed by atoms with E-state index < -0.39 is 0 Å². The molecule has 7 aromatic heterocycles. The smallest absolute Gasteiger partial charge is 0.222 e. The number of pyridine rings is 1. The quantitative estimate of drug-likeness (QED) is 0.0298. The van der Waals surface area contributed by atoms with Crippen molar-refractivity contribution < 1.29 is 5.11 Å². The molecule has 366 valence electrons. The summed E-state index contributed by atoms with van der Waals surface area (Å²) in [6, 6.07) is 18.9. The Bertz CT molecular complexity index is 3020. The van der Waals surface area contributed by atoms with Gasteiger partial charge in [0.05, 0.1) is 16.6 Å². The fourth-order valence-electron chi connectivity index (χ4n) is 11.0. The predicted octanol–water partition coefficient (Wildman–Crippen LogP) is 8.50. The minimum Gasteiger partial charge on any atom is -0.396 e. The van der Waals surface area contributed by atoms with E-state index in [0.29, 0.717) is 43.1 Å². The van der Waals surface area contributed by atoms with Crippen molar-refractivity contribution in [2.24, 2.45) is 23.7 Å². The Morgan fingerprint density at radius 1 is 0.657 bits per heavy atom. The zero-order chi connectivity index (χ0) is 48.0. The molecule has 10 N–H and O–H groups in total. The van der Waals surface area contributed by atoms with E-state index in [1.165, 1.54) is 49.7 Å². The molecule has 0 aliphatic heterocycles. The molecule has 2 fully saturated rings. The number of aromatic nitrogens is 10. The summed E-state index contributed by atoms with van der Waals surface area (Å²) in [5.41, 5.74) is 27.6. The van der Waals surface area contributed by atoms with Crippen LogP contribution in [0.25, 0.3) is 33.1 Å². The summed E-state index contributed by atoms with van der Waals surface area (Å²) in [5.74, 6) is 5.88. The Kier molecular flexibility index (Phi) is 14.2. The van der Waals surface area contributed by atoms with E-state index in [1.54, 1.807) is 12.4 Å². The largest absolute Gasteiger partial charge is 0.396 e. The number of fused-ring (bicyclic) bond motifs is 3. The van der Waals surface area contributed by atoms with Gasteiger partial charge in [0.2, 0.25) is 17.8 Å². The number of aryl methyl sites for hydroxylation is 1. The van der Waals surface area contributed by atoms with E-state index >= 15 is 0 Å². The van der Waals surface area contributed by atoms with Crippen molar-refractivity contribution in [2.45, 2.75) is 110 Å². The number of hydrogen-bond acceptors (Lipinski definition) is 14. The van der Waals surface area contributed by atoms with Crippen LogP contribution >= 0.6 is 0 Å². The fraction of sp³-hybridized carbons (Fsp3) is 0.453. The molecular formula is C53H68N16O. The first-order valence-corrected chi connectivity index (χ1v) is 25.5. The average molecular weight is 945 g/mol. The van der Waals surface area contributed by atoms with Crippen LogP contribution in [0.2, 0.25) is 0 Å². The molecule has 10 rings (SSSR count). The van der Waals surface area contributed by atoms with Gasteiger partial charge >= 0.3 is 0 Å². The monoisotopic (exact) mass is 945 g/mol. The lowest BCUT2D eigenvalue weighted by molar-refractivity contribution is 0.226. The zero-order valence-electron chi connectivity index (χ0n) is 40.3. The number of hydrogen-bond donors (Lipinski definition) is 7. The van der Waals surface area contributed by atoms with Gasteiger partial charge in [-0.05, 0) is 128 Å². The first kappa shape index (κ1) is 46.7. The number of nitrogens with one attached hydrogen (secondary N) is 3. The van der Waals surface area contributed by atoms with E-state index in [0.717, 1.165) is 114 Å². The van der Waals surface area contributed by atoms with Crippen molar-refractivity contribution in [3.05, 3.63) is 102 Å². The second-order valence-corrected chi connectivity index (χ2v) is 19.8. The van der Waals surface area contributed by atoms with E-state index in [-0.39, 0.29) is 24.5 Å². The highest BCUT2D eigenvalue weighted by Gasteiger charge is 2.39. The summed E-state index contributed by atoms with van der Waals surface area (Å²) in [5, 5.41) is 21.0. The Balaban J connectivity index is 0.734. The molecule has 2 aliphatic rings. The molecule has 4 unspecified atom stereocenters. The SMILES string of the molecule is CCCCNc1nc(N)nc2ccn(CC3CCCC(CC4CC4CNc4nc(N)nc5ccn(Cc6cccc(CCC[C@@H](CCO)Nc7nc(N)nc8ccn(Cc9ccncc9)c78)c6)c45)C3)c12. The van der Waals surface area contributed by atoms with Gasteiger partial charge in [-0.2, -0.15) is 15.0 Å². The van der Waals surface area contributed by atoms with Crippen LogP contribution in [0.5, 0.6) is 0 Å². The molecule has 17 nitrogen and oxygen atoms in total. The van der Waals surface area contributed by atoms with Gasteiger partial charge in [0.15, 0.2) is 17.5 Å². The van der Waals surface area contributed by atoms with Gasteiger partial charge in [0.1, 0.15) is 16.6 Å². The van der Waals surface area contributed by atoms with Crippen LogP contribution in [0, 0.1) is 23.7 Å².